The van der Waals surface area contributed by atoms with E-state index < -0.39 is 5.97 Å². The third-order valence-corrected chi connectivity index (χ3v) is 4.24. The van der Waals surface area contributed by atoms with Crippen LogP contribution in [0.5, 0.6) is 0 Å². The van der Waals surface area contributed by atoms with Gasteiger partial charge in [-0.3, -0.25) is 4.79 Å². The van der Waals surface area contributed by atoms with Gasteiger partial charge >= 0.3 is 5.97 Å². The molecule has 1 unspecified atom stereocenters. The Hall–Kier alpha value is -3.15. The number of carboxylic acids is 1. The van der Waals surface area contributed by atoms with E-state index in [0.717, 1.165) is 17.4 Å². The zero-order valence-electron chi connectivity index (χ0n) is 14.7. The summed E-state index contributed by atoms with van der Waals surface area (Å²) < 4.78 is 5.90. The number of furan rings is 1. The van der Waals surface area contributed by atoms with Gasteiger partial charge in [0.15, 0.2) is 0 Å². The molecule has 0 fully saturated rings. The molecule has 0 saturated heterocycles. The Morgan fingerprint density at radius 2 is 1.88 bits per heavy atom. The summed E-state index contributed by atoms with van der Waals surface area (Å²) in [6.07, 6.45) is 0.759. The van der Waals surface area contributed by atoms with E-state index in [9.17, 15) is 9.59 Å². The Labute approximate surface area is 151 Å². The van der Waals surface area contributed by atoms with Crippen LogP contribution in [-0.4, -0.2) is 33.4 Å². The van der Waals surface area contributed by atoms with Crippen LogP contribution in [0.1, 0.15) is 53.0 Å². The summed E-state index contributed by atoms with van der Waals surface area (Å²) in [5.74, 6) is -0.794. The van der Waals surface area contributed by atoms with Gasteiger partial charge in [-0.05, 0) is 37.6 Å². The number of nitrogens with zero attached hydrogens (tertiary/aromatic N) is 2. The van der Waals surface area contributed by atoms with E-state index in [2.05, 4.69) is 4.98 Å². The quantitative estimate of drug-likeness (QED) is 0.721. The minimum Gasteiger partial charge on any atom is -0.477 e. The molecular weight excluding hydrogens is 332 g/mol. The van der Waals surface area contributed by atoms with E-state index in [-0.39, 0.29) is 23.3 Å². The zero-order valence-corrected chi connectivity index (χ0v) is 14.7. The smallest absolute Gasteiger partial charge is 0.354 e. The molecule has 6 heteroatoms. The lowest BCUT2D eigenvalue weighted by atomic mass is 10.1. The summed E-state index contributed by atoms with van der Waals surface area (Å²) >= 11 is 0. The molecule has 0 aliphatic heterocycles. The highest BCUT2D eigenvalue weighted by atomic mass is 16.4. The number of hydrogen-bond donors (Lipinski definition) is 1. The summed E-state index contributed by atoms with van der Waals surface area (Å²) in [4.78, 5) is 29.7. The van der Waals surface area contributed by atoms with Gasteiger partial charge in [0.2, 0.25) is 0 Å². The number of pyridine rings is 1. The topological polar surface area (TPSA) is 83.6 Å². The van der Waals surface area contributed by atoms with Crippen molar-refractivity contribution < 1.29 is 19.1 Å². The second-order valence-corrected chi connectivity index (χ2v) is 6.07. The maximum absolute atomic E-state index is 13.0. The molecule has 0 aliphatic rings. The van der Waals surface area contributed by atoms with Crippen LogP contribution >= 0.6 is 0 Å². The van der Waals surface area contributed by atoms with Crippen molar-refractivity contribution in [2.45, 2.75) is 26.3 Å². The number of aromatic nitrogens is 1. The predicted octanol–water partition coefficient (Wildman–Crippen LogP) is 4.14. The first-order valence-electron chi connectivity index (χ1n) is 8.51. The van der Waals surface area contributed by atoms with Crippen molar-refractivity contribution in [2.75, 3.05) is 6.54 Å². The van der Waals surface area contributed by atoms with Crippen LogP contribution in [-0.2, 0) is 0 Å². The molecule has 0 bridgehead atoms. The van der Waals surface area contributed by atoms with Crippen LogP contribution in [0.25, 0.3) is 11.0 Å². The van der Waals surface area contributed by atoms with Gasteiger partial charge in [-0.1, -0.05) is 31.2 Å². The lowest BCUT2D eigenvalue weighted by Crippen LogP contribution is -2.35. The molecule has 26 heavy (non-hydrogen) atoms. The SMILES string of the molecule is CCCN(C(=O)c1cccc(C(=O)O)n1)C(C)c1cc2ccccc2o1. The fourth-order valence-electron chi connectivity index (χ4n) is 2.89. The van der Waals surface area contributed by atoms with Gasteiger partial charge in [0.05, 0.1) is 6.04 Å². The maximum Gasteiger partial charge on any atom is 0.354 e. The maximum atomic E-state index is 13.0. The monoisotopic (exact) mass is 352 g/mol. The Morgan fingerprint density at radius 3 is 2.58 bits per heavy atom. The number of carboxylic acid groups (broad SMARTS) is 1. The number of benzene rings is 1. The lowest BCUT2D eigenvalue weighted by molar-refractivity contribution is 0.0664. The summed E-state index contributed by atoms with van der Waals surface area (Å²) in [6, 6.07) is 13.7. The van der Waals surface area contributed by atoms with Crippen molar-refractivity contribution in [1.29, 1.82) is 0 Å². The largest absolute Gasteiger partial charge is 0.477 e. The summed E-state index contributed by atoms with van der Waals surface area (Å²) in [7, 11) is 0. The fraction of sp³-hybridized carbons (Fsp3) is 0.250. The van der Waals surface area contributed by atoms with E-state index in [1.165, 1.54) is 18.2 Å². The first-order chi connectivity index (χ1) is 12.5. The molecule has 134 valence electrons. The number of amides is 1. The first kappa shape index (κ1) is 17.7. The van der Waals surface area contributed by atoms with Crippen molar-refractivity contribution in [3.63, 3.8) is 0 Å². The van der Waals surface area contributed by atoms with E-state index in [1.54, 1.807) is 4.90 Å². The molecule has 2 aromatic heterocycles. The van der Waals surface area contributed by atoms with Crippen LogP contribution < -0.4 is 0 Å². The molecule has 6 nitrogen and oxygen atoms in total. The average Bonchev–Trinajstić information content (AvgIpc) is 3.09. The number of fused-ring (bicyclic) bond motifs is 1. The molecule has 1 N–H and O–H groups in total. The van der Waals surface area contributed by atoms with Crippen LogP contribution in [0.3, 0.4) is 0 Å². The number of para-hydroxylation sites is 1. The van der Waals surface area contributed by atoms with Crippen molar-refractivity contribution >= 4 is 22.8 Å². The highest BCUT2D eigenvalue weighted by Gasteiger charge is 2.26. The Balaban J connectivity index is 1.93. The van der Waals surface area contributed by atoms with Gasteiger partial charge in [0.1, 0.15) is 22.7 Å². The van der Waals surface area contributed by atoms with Gasteiger partial charge in [0.25, 0.3) is 5.91 Å². The Kier molecular flexibility index (Phi) is 5.02. The number of carbonyl (C=O) groups excluding carboxylic acids is 1. The fourth-order valence-corrected chi connectivity index (χ4v) is 2.89. The number of rotatable bonds is 6. The van der Waals surface area contributed by atoms with Crippen LogP contribution in [0.15, 0.2) is 52.9 Å². The molecule has 1 aromatic carbocycles. The van der Waals surface area contributed by atoms with E-state index in [4.69, 9.17) is 9.52 Å². The molecule has 1 amide bonds. The molecular formula is C20H20N2O4. The predicted molar refractivity (Wildman–Crippen MR) is 97.2 cm³/mol. The van der Waals surface area contributed by atoms with Crippen LogP contribution in [0.2, 0.25) is 0 Å². The van der Waals surface area contributed by atoms with E-state index in [0.29, 0.717) is 12.3 Å². The second kappa shape index (κ2) is 7.39. The molecule has 0 spiro atoms. The molecule has 2 heterocycles. The van der Waals surface area contributed by atoms with E-state index >= 15 is 0 Å². The van der Waals surface area contributed by atoms with Crippen LogP contribution in [0.4, 0.5) is 0 Å². The summed E-state index contributed by atoms with van der Waals surface area (Å²) in [5, 5.41) is 10.1. The number of carbonyl (C=O) groups is 2. The minimum absolute atomic E-state index is 0.112. The highest BCUT2D eigenvalue weighted by Crippen LogP contribution is 2.28. The highest BCUT2D eigenvalue weighted by molar-refractivity contribution is 5.94. The van der Waals surface area contributed by atoms with Gasteiger partial charge in [-0.15, -0.1) is 0 Å². The minimum atomic E-state index is -1.16. The standard InChI is InChI=1S/C20H20N2O4/c1-3-11-22(19(23)15-8-6-9-16(21-15)20(24)25)13(2)18-12-14-7-4-5-10-17(14)26-18/h4-10,12-13H,3,11H2,1-2H3,(H,24,25). The molecule has 0 saturated carbocycles. The van der Waals surface area contributed by atoms with Gasteiger partial charge in [-0.25, -0.2) is 9.78 Å². The van der Waals surface area contributed by atoms with Gasteiger partial charge in [-0.2, -0.15) is 0 Å². The van der Waals surface area contributed by atoms with E-state index in [1.807, 2.05) is 44.2 Å². The summed E-state index contributed by atoms with van der Waals surface area (Å²) in [6.45, 7) is 4.38. The number of hydrogen-bond acceptors (Lipinski definition) is 4. The van der Waals surface area contributed by atoms with Gasteiger partial charge < -0.3 is 14.4 Å². The summed E-state index contributed by atoms with van der Waals surface area (Å²) in [5.41, 5.74) is 0.731. The third kappa shape index (κ3) is 3.44. The Bertz CT molecular complexity index is 915. The van der Waals surface area contributed by atoms with Crippen molar-refractivity contribution in [2.24, 2.45) is 0 Å². The molecule has 0 aliphatic carbocycles. The van der Waals surface area contributed by atoms with Gasteiger partial charge in [0, 0.05) is 11.9 Å². The third-order valence-electron chi connectivity index (χ3n) is 4.24. The Morgan fingerprint density at radius 1 is 1.15 bits per heavy atom. The average molecular weight is 352 g/mol. The molecule has 3 aromatic rings. The molecule has 0 radical (unpaired) electrons. The van der Waals surface area contributed by atoms with Crippen LogP contribution in [0, 0.1) is 0 Å². The molecule has 3 rings (SSSR count). The van der Waals surface area contributed by atoms with Crippen molar-refractivity contribution in [3.8, 4) is 0 Å². The van der Waals surface area contributed by atoms with Crippen molar-refractivity contribution in [3.05, 3.63) is 65.7 Å². The normalized spacial score (nSPS) is 12.1. The second-order valence-electron chi connectivity index (χ2n) is 6.07. The first-order valence-corrected chi connectivity index (χ1v) is 8.51. The lowest BCUT2D eigenvalue weighted by Gasteiger charge is -2.27. The zero-order chi connectivity index (χ0) is 18.7. The van der Waals surface area contributed by atoms with Crippen molar-refractivity contribution in [1.82, 2.24) is 9.88 Å². The molecule has 1 atom stereocenters. The number of aromatic carboxylic acids is 1.